The molecule has 3 N–H and O–H groups in total. The van der Waals surface area contributed by atoms with Gasteiger partial charge in [-0.25, -0.2) is 0 Å². The van der Waals surface area contributed by atoms with Crippen molar-refractivity contribution in [3.8, 4) is 5.88 Å². The van der Waals surface area contributed by atoms with Gasteiger partial charge in [-0.1, -0.05) is 13.8 Å². The molecule has 0 bridgehead atoms. The van der Waals surface area contributed by atoms with Gasteiger partial charge in [0.05, 0.1) is 7.11 Å². The molecule has 0 amide bonds. The standard InChI is InChI=1S/C9H16N4O/c1-6(2)5-11-7-4-8(14-3)13-9(10)12-7/h4,6H,5H2,1-3H3,(H3,10,11,12,13). The van der Waals surface area contributed by atoms with Crippen molar-refractivity contribution in [1.82, 2.24) is 9.97 Å². The number of ether oxygens (including phenoxy) is 1. The lowest BCUT2D eigenvalue weighted by Gasteiger charge is -2.09. The van der Waals surface area contributed by atoms with E-state index in [1.807, 2.05) is 0 Å². The number of nitrogens with one attached hydrogen (secondary N) is 1. The van der Waals surface area contributed by atoms with Crippen molar-refractivity contribution in [1.29, 1.82) is 0 Å². The fraction of sp³-hybridized carbons (Fsp3) is 0.556. The van der Waals surface area contributed by atoms with Crippen molar-refractivity contribution in [2.75, 3.05) is 24.7 Å². The average Bonchev–Trinajstić information content (AvgIpc) is 2.14. The molecule has 78 valence electrons. The Labute approximate surface area is 83.7 Å². The molecule has 0 radical (unpaired) electrons. The van der Waals surface area contributed by atoms with Crippen molar-refractivity contribution in [3.63, 3.8) is 0 Å². The fourth-order valence-corrected chi connectivity index (χ4v) is 0.947. The molecule has 1 aromatic rings. The van der Waals surface area contributed by atoms with E-state index in [0.717, 1.165) is 6.54 Å². The van der Waals surface area contributed by atoms with Crippen molar-refractivity contribution < 1.29 is 4.74 Å². The van der Waals surface area contributed by atoms with Gasteiger partial charge in [-0.15, -0.1) is 0 Å². The normalized spacial score (nSPS) is 10.3. The van der Waals surface area contributed by atoms with Gasteiger partial charge >= 0.3 is 0 Å². The molecule has 0 aliphatic rings. The van der Waals surface area contributed by atoms with Crippen molar-refractivity contribution in [3.05, 3.63) is 6.07 Å². The molecule has 0 aromatic carbocycles. The molecule has 0 saturated carbocycles. The largest absolute Gasteiger partial charge is 0.481 e. The molecule has 1 rings (SSSR count). The second-order valence-electron chi connectivity index (χ2n) is 3.43. The highest BCUT2D eigenvalue weighted by Gasteiger charge is 2.02. The smallest absolute Gasteiger partial charge is 0.225 e. The first kappa shape index (κ1) is 10.6. The average molecular weight is 196 g/mol. The molecule has 1 heterocycles. The molecule has 0 aliphatic heterocycles. The number of rotatable bonds is 4. The van der Waals surface area contributed by atoms with Crippen LogP contribution in [0.25, 0.3) is 0 Å². The van der Waals surface area contributed by atoms with Crippen LogP contribution in [0, 0.1) is 5.92 Å². The number of methoxy groups -OCH3 is 1. The summed E-state index contributed by atoms with van der Waals surface area (Å²) in [6.07, 6.45) is 0. The van der Waals surface area contributed by atoms with Crippen LogP contribution in [0.2, 0.25) is 0 Å². The van der Waals surface area contributed by atoms with E-state index in [4.69, 9.17) is 10.5 Å². The lowest BCUT2D eigenvalue weighted by atomic mass is 10.2. The van der Waals surface area contributed by atoms with E-state index in [2.05, 4.69) is 29.1 Å². The second kappa shape index (κ2) is 4.64. The molecule has 0 fully saturated rings. The number of nitrogens with two attached hydrogens (primary N) is 1. The highest BCUT2D eigenvalue weighted by molar-refractivity contribution is 5.42. The highest BCUT2D eigenvalue weighted by atomic mass is 16.5. The molecule has 0 atom stereocenters. The van der Waals surface area contributed by atoms with Gasteiger partial charge in [0.15, 0.2) is 0 Å². The molecule has 5 heteroatoms. The van der Waals surface area contributed by atoms with Crippen LogP contribution in [-0.4, -0.2) is 23.6 Å². The first-order valence-corrected chi connectivity index (χ1v) is 4.54. The van der Waals surface area contributed by atoms with E-state index in [0.29, 0.717) is 17.6 Å². The van der Waals surface area contributed by atoms with Crippen LogP contribution in [0.5, 0.6) is 5.88 Å². The monoisotopic (exact) mass is 196 g/mol. The van der Waals surface area contributed by atoms with Gasteiger partial charge in [0, 0.05) is 12.6 Å². The van der Waals surface area contributed by atoms with Crippen LogP contribution < -0.4 is 15.8 Å². The first-order chi connectivity index (χ1) is 6.61. The molecule has 5 nitrogen and oxygen atoms in total. The molecule has 1 aromatic heterocycles. The van der Waals surface area contributed by atoms with Crippen LogP contribution in [-0.2, 0) is 0 Å². The predicted octanol–water partition coefficient (Wildman–Crippen LogP) is 1.14. The first-order valence-electron chi connectivity index (χ1n) is 4.54. The third kappa shape index (κ3) is 3.08. The maximum atomic E-state index is 5.50. The number of aromatic nitrogens is 2. The summed E-state index contributed by atoms with van der Waals surface area (Å²) in [6.45, 7) is 5.09. The number of anilines is 2. The summed E-state index contributed by atoms with van der Waals surface area (Å²) in [7, 11) is 1.55. The summed E-state index contributed by atoms with van der Waals surface area (Å²) in [6, 6.07) is 1.72. The number of hydrogen-bond donors (Lipinski definition) is 2. The Hall–Kier alpha value is -1.52. The SMILES string of the molecule is COc1cc(NCC(C)C)nc(N)n1. The minimum absolute atomic E-state index is 0.218. The maximum Gasteiger partial charge on any atom is 0.225 e. The minimum Gasteiger partial charge on any atom is -0.481 e. The number of nitrogens with zero attached hydrogens (tertiary/aromatic N) is 2. The van der Waals surface area contributed by atoms with E-state index >= 15 is 0 Å². The summed E-state index contributed by atoms with van der Waals surface area (Å²) >= 11 is 0. The third-order valence-corrected chi connectivity index (χ3v) is 1.62. The van der Waals surface area contributed by atoms with E-state index < -0.39 is 0 Å². The summed E-state index contributed by atoms with van der Waals surface area (Å²) in [5.41, 5.74) is 5.50. The summed E-state index contributed by atoms with van der Waals surface area (Å²) in [5.74, 6) is 1.94. The summed E-state index contributed by atoms with van der Waals surface area (Å²) in [5, 5.41) is 3.15. The Morgan fingerprint density at radius 3 is 2.79 bits per heavy atom. The molecule has 14 heavy (non-hydrogen) atoms. The number of nitrogen functional groups attached to an aromatic ring is 1. The van der Waals surface area contributed by atoms with Crippen LogP contribution in [0.4, 0.5) is 11.8 Å². The van der Waals surface area contributed by atoms with Gasteiger partial charge in [-0.3, -0.25) is 0 Å². The van der Waals surface area contributed by atoms with Gasteiger partial charge in [0.25, 0.3) is 0 Å². The zero-order valence-corrected chi connectivity index (χ0v) is 8.74. The third-order valence-electron chi connectivity index (χ3n) is 1.62. The molecular weight excluding hydrogens is 180 g/mol. The Kier molecular flexibility index (Phi) is 3.50. The molecule has 0 aliphatic carbocycles. The van der Waals surface area contributed by atoms with Crippen LogP contribution in [0.1, 0.15) is 13.8 Å². The quantitative estimate of drug-likeness (QED) is 0.755. The molecule has 0 unspecified atom stereocenters. The Morgan fingerprint density at radius 2 is 2.21 bits per heavy atom. The number of hydrogen-bond acceptors (Lipinski definition) is 5. The highest BCUT2D eigenvalue weighted by Crippen LogP contribution is 2.14. The van der Waals surface area contributed by atoms with Gasteiger partial charge in [0.1, 0.15) is 5.82 Å². The lowest BCUT2D eigenvalue weighted by Crippen LogP contribution is -2.10. The Morgan fingerprint density at radius 1 is 1.50 bits per heavy atom. The second-order valence-corrected chi connectivity index (χ2v) is 3.43. The fourth-order valence-electron chi connectivity index (χ4n) is 0.947. The predicted molar refractivity (Wildman–Crippen MR) is 56.3 cm³/mol. The van der Waals surface area contributed by atoms with E-state index in [1.165, 1.54) is 0 Å². The zero-order valence-electron chi connectivity index (χ0n) is 8.74. The molecule has 0 saturated heterocycles. The van der Waals surface area contributed by atoms with Gasteiger partial charge < -0.3 is 15.8 Å². The van der Waals surface area contributed by atoms with Crippen molar-refractivity contribution in [2.45, 2.75) is 13.8 Å². The minimum atomic E-state index is 0.218. The Balaban J connectivity index is 2.71. The zero-order chi connectivity index (χ0) is 10.6. The van der Waals surface area contributed by atoms with Crippen molar-refractivity contribution in [2.24, 2.45) is 5.92 Å². The van der Waals surface area contributed by atoms with Crippen molar-refractivity contribution >= 4 is 11.8 Å². The van der Waals surface area contributed by atoms with Crippen LogP contribution >= 0.6 is 0 Å². The summed E-state index contributed by atoms with van der Waals surface area (Å²) in [4.78, 5) is 7.91. The summed E-state index contributed by atoms with van der Waals surface area (Å²) < 4.78 is 4.97. The van der Waals surface area contributed by atoms with Gasteiger partial charge in [-0.2, -0.15) is 9.97 Å². The van der Waals surface area contributed by atoms with Crippen LogP contribution in [0.15, 0.2) is 6.07 Å². The van der Waals surface area contributed by atoms with Gasteiger partial charge in [0.2, 0.25) is 11.8 Å². The lowest BCUT2D eigenvalue weighted by molar-refractivity contribution is 0.398. The maximum absolute atomic E-state index is 5.50. The molecule has 0 spiro atoms. The van der Waals surface area contributed by atoms with E-state index in [-0.39, 0.29) is 5.95 Å². The Bertz CT molecular complexity index is 301. The molecular formula is C9H16N4O. The van der Waals surface area contributed by atoms with Crippen LogP contribution in [0.3, 0.4) is 0 Å². The topological polar surface area (TPSA) is 73.1 Å². The van der Waals surface area contributed by atoms with E-state index in [1.54, 1.807) is 13.2 Å². The van der Waals surface area contributed by atoms with Gasteiger partial charge in [-0.05, 0) is 5.92 Å². The van der Waals surface area contributed by atoms with E-state index in [9.17, 15) is 0 Å².